The van der Waals surface area contributed by atoms with Crippen LogP contribution in [0.4, 0.5) is 0 Å². The molecule has 1 heterocycles. The number of amides is 1. The van der Waals surface area contributed by atoms with Gasteiger partial charge in [0.05, 0.1) is 23.9 Å². The number of aromatic nitrogens is 3. The molecule has 0 fully saturated rings. The number of rotatable bonds is 9. The van der Waals surface area contributed by atoms with E-state index in [0.717, 1.165) is 11.1 Å². The van der Waals surface area contributed by atoms with E-state index in [9.17, 15) is 4.79 Å². The molecule has 0 bridgehead atoms. The number of hydrogen-bond donors (Lipinski definition) is 1. The lowest BCUT2D eigenvalue weighted by molar-refractivity contribution is -0.119. The van der Waals surface area contributed by atoms with Crippen LogP contribution in [0.25, 0.3) is 11.4 Å². The molecule has 1 amide bonds. The molecule has 1 unspecified atom stereocenters. The second-order valence-electron chi connectivity index (χ2n) is 6.57. The standard InChI is InChI=1S/C21H23ClN4O2S/c1-15(13-28-2)23-19(27)14-29-21-25-24-20(17-10-6-7-11-18(17)22)26(21)12-16-8-4-3-5-9-16/h3-11,15H,12-14H2,1-2H3,(H,23,27). The Hall–Kier alpha value is -2.35. The summed E-state index contributed by atoms with van der Waals surface area (Å²) in [5.41, 5.74) is 1.92. The summed E-state index contributed by atoms with van der Waals surface area (Å²) in [4.78, 5) is 12.2. The molecule has 3 aromatic rings. The molecule has 0 aliphatic rings. The van der Waals surface area contributed by atoms with Crippen LogP contribution in [0.1, 0.15) is 12.5 Å². The Bertz CT molecular complexity index is 949. The molecular formula is C21H23ClN4O2S. The van der Waals surface area contributed by atoms with E-state index in [4.69, 9.17) is 16.3 Å². The average molecular weight is 431 g/mol. The lowest BCUT2D eigenvalue weighted by Gasteiger charge is -2.13. The Morgan fingerprint density at radius 1 is 1.17 bits per heavy atom. The highest BCUT2D eigenvalue weighted by molar-refractivity contribution is 7.99. The minimum atomic E-state index is -0.0758. The number of nitrogens with one attached hydrogen (secondary N) is 1. The van der Waals surface area contributed by atoms with Crippen molar-refractivity contribution in [3.63, 3.8) is 0 Å². The Labute approximate surface area is 179 Å². The summed E-state index contributed by atoms with van der Waals surface area (Å²) in [7, 11) is 1.61. The summed E-state index contributed by atoms with van der Waals surface area (Å²) in [6.45, 7) is 2.95. The third-order valence-corrected chi connectivity index (χ3v) is 5.47. The lowest BCUT2D eigenvalue weighted by atomic mass is 10.2. The van der Waals surface area contributed by atoms with Gasteiger partial charge < -0.3 is 10.1 Å². The van der Waals surface area contributed by atoms with Crippen molar-refractivity contribution in [2.45, 2.75) is 24.7 Å². The molecule has 8 heteroatoms. The number of thioether (sulfide) groups is 1. The summed E-state index contributed by atoms with van der Waals surface area (Å²) in [6, 6.07) is 17.6. The van der Waals surface area contributed by atoms with Crippen molar-refractivity contribution in [1.82, 2.24) is 20.1 Å². The van der Waals surface area contributed by atoms with Gasteiger partial charge in [-0.25, -0.2) is 0 Å². The molecule has 6 nitrogen and oxygen atoms in total. The largest absolute Gasteiger partial charge is 0.383 e. The minimum Gasteiger partial charge on any atom is -0.383 e. The van der Waals surface area contributed by atoms with Gasteiger partial charge in [0.2, 0.25) is 5.91 Å². The van der Waals surface area contributed by atoms with E-state index < -0.39 is 0 Å². The van der Waals surface area contributed by atoms with Gasteiger partial charge >= 0.3 is 0 Å². The maximum Gasteiger partial charge on any atom is 0.230 e. The predicted octanol–water partition coefficient (Wildman–Crippen LogP) is 3.89. The zero-order valence-corrected chi connectivity index (χ0v) is 17.9. The van der Waals surface area contributed by atoms with E-state index in [1.54, 1.807) is 7.11 Å². The Morgan fingerprint density at radius 3 is 2.62 bits per heavy atom. The van der Waals surface area contributed by atoms with E-state index in [1.165, 1.54) is 11.8 Å². The highest BCUT2D eigenvalue weighted by Crippen LogP contribution is 2.29. The molecule has 1 N–H and O–H groups in total. The van der Waals surface area contributed by atoms with Gasteiger partial charge in [-0.3, -0.25) is 9.36 Å². The Balaban J connectivity index is 1.83. The molecule has 3 rings (SSSR count). The molecule has 1 atom stereocenters. The van der Waals surface area contributed by atoms with Crippen LogP contribution in [0.5, 0.6) is 0 Å². The van der Waals surface area contributed by atoms with Crippen molar-refractivity contribution in [2.75, 3.05) is 19.5 Å². The predicted molar refractivity (Wildman–Crippen MR) is 116 cm³/mol. The third kappa shape index (κ3) is 5.82. The number of methoxy groups -OCH3 is 1. The first-order chi connectivity index (χ1) is 14.1. The first-order valence-electron chi connectivity index (χ1n) is 9.21. The first kappa shape index (κ1) is 21.4. The molecule has 0 aliphatic heterocycles. The molecule has 0 saturated carbocycles. The number of nitrogens with zero attached hydrogens (tertiary/aromatic N) is 3. The molecule has 0 saturated heterocycles. The maximum absolute atomic E-state index is 12.2. The third-order valence-electron chi connectivity index (χ3n) is 4.17. The van der Waals surface area contributed by atoms with Crippen LogP contribution in [0, 0.1) is 0 Å². The molecule has 0 radical (unpaired) electrons. The van der Waals surface area contributed by atoms with Gasteiger partial charge in [0.25, 0.3) is 0 Å². The van der Waals surface area contributed by atoms with Gasteiger partial charge in [-0.05, 0) is 24.6 Å². The van der Waals surface area contributed by atoms with Crippen molar-refractivity contribution >= 4 is 29.3 Å². The number of carbonyl (C=O) groups is 1. The molecule has 29 heavy (non-hydrogen) atoms. The summed E-state index contributed by atoms with van der Waals surface area (Å²) >= 11 is 7.74. The Morgan fingerprint density at radius 2 is 1.90 bits per heavy atom. The molecule has 1 aromatic heterocycles. The summed E-state index contributed by atoms with van der Waals surface area (Å²) in [5, 5.41) is 12.9. The van der Waals surface area contributed by atoms with Crippen LogP contribution in [0.15, 0.2) is 59.8 Å². The van der Waals surface area contributed by atoms with Crippen molar-refractivity contribution in [2.24, 2.45) is 0 Å². The number of benzene rings is 2. The maximum atomic E-state index is 12.2. The summed E-state index contributed by atoms with van der Waals surface area (Å²) in [6.07, 6.45) is 0. The normalized spacial score (nSPS) is 12.0. The van der Waals surface area contributed by atoms with Crippen molar-refractivity contribution < 1.29 is 9.53 Å². The molecule has 0 aliphatic carbocycles. The van der Waals surface area contributed by atoms with Crippen molar-refractivity contribution in [3.8, 4) is 11.4 Å². The fourth-order valence-electron chi connectivity index (χ4n) is 2.88. The first-order valence-corrected chi connectivity index (χ1v) is 10.6. The van der Waals surface area contributed by atoms with Crippen LogP contribution in [-0.2, 0) is 16.1 Å². The van der Waals surface area contributed by atoms with Crippen LogP contribution in [0.3, 0.4) is 0 Å². The summed E-state index contributed by atoms with van der Waals surface area (Å²) in [5.74, 6) is 0.840. The van der Waals surface area contributed by atoms with Crippen LogP contribution < -0.4 is 5.32 Å². The SMILES string of the molecule is COCC(C)NC(=O)CSc1nnc(-c2ccccc2Cl)n1Cc1ccccc1. The van der Waals surface area contributed by atoms with Gasteiger partial charge in [0.15, 0.2) is 11.0 Å². The van der Waals surface area contributed by atoms with Gasteiger partial charge in [-0.15, -0.1) is 10.2 Å². The van der Waals surface area contributed by atoms with E-state index in [0.29, 0.717) is 29.2 Å². The van der Waals surface area contributed by atoms with Gasteiger partial charge in [-0.2, -0.15) is 0 Å². The van der Waals surface area contributed by atoms with Gasteiger partial charge in [0, 0.05) is 18.7 Å². The van der Waals surface area contributed by atoms with Crippen LogP contribution >= 0.6 is 23.4 Å². The van der Waals surface area contributed by atoms with E-state index in [-0.39, 0.29) is 17.7 Å². The van der Waals surface area contributed by atoms with Crippen LogP contribution in [-0.4, -0.2) is 46.2 Å². The number of hydrogen-bond acceptors (Lipinski definition) is 5. The lowest BCUT2D eigenvalue weighted by Crippen LogP contribution is -2.36. The van der Waals surface area contributed by atoms with Gasteiger partial charge in [0.1, 0.15) is 0 Å². The molecule has 0 spiro atoms. The fourth-order valence-corrected chi connectivity index (χ4v) is 3.85. The van der Waals surface area contributed by atoms with E-state index in [2.05, 4.69) is 15.5 Å². The summed E-state index contributed by atoms with van der Waals surface area (Å²) < 4.78 is 7.05. The quantitative estimate of drug-likeness (QED) is 0.521. The smallest absolute Gasteiger partial charge is 0.230 e. The number of ether oxygens (including phenoxy) is 1. The topological polar surface area (TPSA) is 69.0 Å². The van der Waals surface area contributed by atoms with Crippen molar-refractivity contribution in [3.05, 3.63) is 65.2 Å². The zero-order valence-electron chi connectivity index (χ0n) is 16.3. The minimum absolute atomic E-state index is 0.0472. The average Bonchev–Trinajstić information content (AvgIpc) is 3.10. The fraction of sp³-hybridized carbons (Fsp3) is 0.286. The second-order valence-corrected chi connectivity index (χ2v) is 7.92. The van der Waals surface area contributed by atoms with Crippen molar-refractivity contribution in [1.29, 1.82) is 0 Å². The molecule has 152 valence electrons. The highest BCUT2D eigenvalue weighted by atomic mass is 35.5. The van der Waals surface area contributed by atoms with Gasteiger partial charge in [-0.1, -0.05) is 65.8 Å². The molecular weight excluding hydrogens is 408 g/mol. The zero-order chi connectivity index (χ0) is 20.6. The van der Waals surface area contributed by atoms with E-state index >= 15 is 0 Å². The van der Waals surface area contributed by atoms with Crippen LogP contribution in [0.2, 0.25) is 5.02 Å². The Kier molecular flexibility index (Phi) is 7.69. The highest BCUT2D eigenvalue weighted by Gasteiger charge is 2.18. The monoisotopic (exact) mass is 430 g/mol. The second kappa shape index (κ2) is 10.4. The van der Waals surface area contributed by atoms with E-state index in [1.807, 2.05) is 66.1 Å². The number of carbonyl (C=O) groups excluding carboxylic acids is 1. The number of halogens is 1. The molecule has 2 aromatic carbocycles.